The Bertz CT molecular complexity index is 380. The lowest BCUT2D eigenvalue weighted by molar-refractivity contribution is -0.380. The number of rotatable bonds is 4. The molecule has 0 bridgehead atoms. The first-order valence-electron chi connectivity index (χ1n) is 5.30. The van der Waals surface area contributed by atoms with E-state index in [9.17, 15) is 10.1 Å². The van der Waals surface area contributed by atoms with Gasteiger partial charge in [-0.05, 0) is 19.0 Å². The van der Waals surface area contributed by atoms with Gasteiger partial charge in [-0.2, -0.15) is 0 Å². The maximum atomic E-state index is 10.5. The first-order valence-corrected chi connectivity index (χ1v) is 6.18. The summed E-state index contributed by atoms with van der Waals surface area (Å²) in [5.74, 6) is 0. The van der Waals surface area contributed by atoms with Crippen LogP contribution < -0.4 is 5.32 Å². The molecule has 1 saturated heterocycles. The normalized spacial score (nSPS) is 21.4. The second kappa shape index (κ2) is 4.90. The van der Waals surface area contributed by atoms with Crippen LogP contribution in [-0.4, -0.2) is 36.0 Å². The molecular formula is C10H15N3O2S. The average Bonchev–Trinajstić information content (AvgIpc) is 2.87. The molecule has 0 radical (unpaired) electrons. The van der Waals surface area contributed by atoms with Gasteiger partial charge in [-0.25, -0.2) is 0 Å². The van der Waals surface area contributed by atoms with Crippen molar-refractivity contribution in [3.63, 3.8) is 0 Å². The number of thiophene rings is 1. The molecule has 0 aromatic carbocycles. The lowest BCUT2D eigenvalue weighted by Crippen LogP contribution is -2.29. The molecule has 0 aliphatic carbocycles. The molecule has 5 nitrogen and oxygen atoms in total. The van der Waals surface area contributed by atoms with Crippen molar-refractivity contribution >= 4 is 16.3 Å². The van der Waals surface area contributed by atoms with Crippen molar-refractivity contribution < 1.29 is 4.92 Å². The third-order valence-electron chi connectivity index (χ3n) is 2.91. The highest BCUT2D eigenvalue weighted by Crippen LogP contribution is 2.24. The number of nitro groups is 1. The van der Waals surface area contributed by atoms with Crippen molar-refractivity contribution in [2.24, 2.45) is 0 Å². The van der Waals surface area contributed by atoms with Crippen molar-refractivity contribution in [1.29, 1.82) is 0 Å². The van der Waals surface area contributed by atoms with Gasteiger partial charge in [-0.3, -0.25) is 15.0 Å². The first-order chi connectivity index (χ1) is 7.69. The van der Waals surface area contributed by atoms with Gasteiger partial charge in [0.1, 0.15) is 0 Å². The highest BCUT2D eigenvalue weighted by atomic mass is 32.1. The zero-order valence-corrected chi connectivity index (χ0v) is 10.00. The van der Waals surface area contributed by atoms with E-state index in [1.165, 1.54) is 11.3 Å². The van der Waals surface area contributed by atoms with Gasteiger partial charge in [0.25, 0.3) is 0 Å². The van der Waals surface area contributed by atoms with Crippen LogP contribution in [0.2, 0.25) is 0 Å². The Balaban J connectivity index is 1.92. The van der Waals surface area contributed by atoms with Crippen LogP contribution in [0.1, 0.15) is 12.0 Å². The van der Waals surface area contributed by atoms with Crippen molar-refractivity contribution in [1.82, 2.24) is 10.2 Å². The zero-order valence-electron chi connectivity index (χ0n) is 9.18. The van der Waals surface area contributed by atoms with Crippen LogP contribution in [0.4, 0.5) is 5.00 Å². The minimum atomic E-state index is -0.325. The summed E-state index contributed by atoms with van der Waals surface area (Å²) in [4.78, 5) is 12.5. The van der Waals surface area contributed by atoms with Gasteiger partial charge < -0.3 is 5.32 Å². The number of likely N-dealkylation sites (N-methyl/N-ethyl adjacent to an activating group) is 1. The van der Waals surface area contributed by atoms with Crippen molar-refractivity contribution in [3.05, 3.63) is 27.1 Å². The summed E-state index contributed by atoms with van der Waals surface area (Å²) in [6.07, 6.45) is 1.16. The summed E-state index contributed by atoms with van der Waals surface area (Å²) in [6.45, 7) is 2.91. The third-order valence-corrected chi connectivity index (χ3v) is 3.84. The molecule has 2 rings (SSSR count). The molecular weight excluding hydrogens is 226 g/mol. The van der Waals surface area contributed by atoms with E-state index in [2.05, 4.69) is 10.2 Å². The number of nitrogens with zero attached hydrogens (tertiary/aromatic N) is 2. The van der Waals surface area contributed by atoms with E-state index in [4.69, 9.17) is 0 Å². The van der Waals surface area contributed by atoms with Crippen LogP contribution in [0.3, 0.4) is 0 Å². The molecule has 1 aromatic heterocycles. The first kappa shape index (κ1) is 11.5. The Morgan fingerprint density at radius 2 is 2.56 bits per heavy atom. The number of hydrogen-bond donors (Lipinski definition) is 1. The quantitative estimate of drug-likeness (QED) is 0.640. The van der Waals surface area contributed by atoms with Gasteiger partial charge in [-0.1, -0.05) is 11.3 Å². The molecule has 1 aromatic rings. The lowest BCUT2D eigenvalue weighted by Gasteiger charge is -2.14. The molecule has 88 valence electrons. The van der Waals surface area contributed by atoms with Crippen LogP contribution in [0.15, 0.2) is 11.4 Å². The SMILES string of the molecule is CNC1CCN(Cc2csc([N+](=O)[O-])c2)C1. The second-order valence-corrected chi connectivity index (χ2v) is 4.95. The van der Waals surface area contributed by atoms with Crippen LogP contribution in [-0.2, 0) is 6.54 Å². The summed E-state index contributed by atoms with van der Waals surface area (Å²) in [5, 5.41) is 15.9. The summed E-state index contributed by atoms with van der Waals surface area (Å²) in [6, 6.07) is 2.24. The van der Waals surface area contributed by atoms with Gasteiger partial charge >= 0.3 is 5.00 Å². The lowest BCUT2D eigenvalue weighted by atomic mass is 10.3. The van der Waals surface area contributed by atoms with Gasteiger partial charge in [0, 0.05) is 37.1 Å². The predicted molar refractivity (Wildman–Crippen MR) is 63.7 cm³/mol. The maximum absolute atomic E-state index is 10.5. The molecule has 2 heterocycles. The summed E-state index contributed by atoms with van der Waals surface area (Å²) >= 11 is 1.21. The van der Waals surface area contributed by atoms with Crippen LogP contribution >= 0.6 is 11.3 Å². The average molecular weight is 241 g/mol. The Kier molecular flexibility index (Phi) is 3.52. The van der Waals surface area contributed by atoms with Crippen molar-refractivity contribution in [3.8, 4) is 0 Å². The Labute approximate surface area is 98.2 Å². The van der Waals surface area contributed by atoms with E-state index in [1.807, 2.05) is 12.4 Å². The monoisotopic (exact) mass is 241 g/mol. The molecule has 0 saturated carbocycles. The molecule has 1 aliphatic heterocycles. The van der Waals surface area contributed by atoms with Crippen LogP contribution in [0, 0.1) is 10.1 Å². The minimum Gasteiger partial charge on any atom is -0.316 e. The minimum absolute atomic E-state index is 0.236. The van der Waals surface area contributed by atoms with Crippen LogP contribution in [0.5, 0.6) is 0 Å². The summed E-state index contributed by atoms with van der Waals surface area (Å²) < 4.78 is 0. The number of hydrogen-bond acceptors (Lipinski definition) is 5. The van der Waals surface area contributed by atoms with Gasteiger partial charge in [0.15, 0.2) is 0 Å². The zero-order chi connectivity index (χ0) is 11.5. The number of nitrogens with one attached hydrogen (secondary N) is 1. The summed E-state index contributed by atoms with van der Waals surface area (Å²) in [5.41, 5.74) is 1.05. The molecule has 0 amide bonds. The summed E-state index contributed by atoms with van der Waals surface area (Å²) in [7, 11) is 1.98. The smallest absolute Gasteiger partial charge is 0.316 e. The van der Waals surface area contributed by atoms with E-state index in [-0.39, 0.29) is 9.92 Å². The standard InChI is InChI=1S/C10H15N3O2S/c1-11-9-2-3-12(6-9)5-8-4-10(13(14)15)16-7-8/h4,7,9,11H,2-3,5-6H2,1H3. The Morgan fingerprint density at radius 1 is 1.75 bits per heavy atom. The molecule has 1 N–H and O–H groups in total. The van der Waals surface area contributed by atoms with E-state index < -0.39 is 0 Å². The molecule has 6 heteroatoms. The molecule has 16 heavy (non-hydrogen) atoms. The molecule has 1 unspecified atom stereocenters. The Morgan fingerprint density at radius 3 is 3.12 bits per heavy atom. The van der Waals surface area contributed by atoms with E-state index in [1.54, 1.807) is 6.07 Å². The number of likely N-dealkylation sites (tertiary alicyclic amines) is 1. The van der Waals surface area contributed by atoms with Crippen molar-refractivity contribution in [2.45, 2.75) is 19.0 Å². The maximum Gasteiger partial charge on any atom is 0.324 e. The second-order valence-electron chi connectivity index (χ2n) is 4.06. The fourth-order valence-corrected chi connectivity index (χ4v) is 2.73. The van der Waals surface area contributed by atoms with E-state index >= 15 is 0 Å². The highest BCUT2D eigenvalue weighted by Gasteiger charge is 2.21. The molecule has 0 spiro atoms. The van der Waals surface area contributed by atoms with Crippen LogP contribution in [0.25, 0.3) is 0 Å². The highest BCUT2D eigenvalue weighted by molar-refractivity contribution is 7.13. The molecule has 1 atom stereocenters. The fourth-order valence-electron chi connectivity index (χ4n) is 2.01. The molecule has 1 aliphatic rings. The third kappa shape index (κ3) is 2.58. The van der Waals surface area contributed by atoms with Crippen molar-refractivity contribution in [2.75, 3.05) is 20.1 Å². The largest absolute Gasteiger partial charge is 0.324 e. The van der Waals surface area contributed by atoms with Gasteiger partial charge in [0.2, 0.25) is 0 Å². The fraction of sp³-hybridized carbons (Fsp3) is 0.600. The van der Waals surface area contributed by atoms with E-state index in [0.717, 1.165) is 31.6 Å². The Hall–Kier alpha value is -0.980. The van der Waals surface area contributed by atoms with E-state index in [0.29, 0.717) is 6.04 Å². The van der Waals surface area contributed by atoms with Gasteiger partial charge in [0.05, 0.1) is 4.92 Å². The molecule has 1 fully saturated rings. The van der Waals surface area contributed by atoms with Gasteiger partial charge in [-0.15, -0.1) is 0 Å². The topological polar surface area (TPSA) is 58.4 Å². The predicted octanol–water partition coefficient (Wildman–Crippen LogP) is 1.45.